The van der Waals surface area contributed by atoms with E-state index < -0.39 is 24.0 Å². The minimum Gasteiger partial charge on any atom is -0.335 e. The lowest BCUT2D eigenvalue weighted by Crippen LogP contribution is -2.50. The first-order chi connectivity index (χ1) is 12.2. The summed E-state index contributed by atoms with van der Waals surface area (Å²) in [5, 5.41) is 18.2. The molecule has 2 N–H and O–H groups in total. The number of nitriles is 1. The molecule has 1 aromatic rings. The number of amides is 3. The predicted octanol–water partition coefficient (Wildman–Crippen LogP) is 1.38. The van der Waals surface area contributed by atoms with E-state index in [9.17, 15) is 14.4 Å². The van der Waals surface area contributed by atoms with Crippen molar-refractivity contribution in [3.63, 3.8) is 0 Å². The average molecular weight is 359 g/mol. The zero-order valence-electron chi connectivity index (χ0n) is 15.6. The van der Waals surface area contributed by atoms with Crippen molar-refractivity contribution >= 4 is 11.9 Å². The van der Waals surface area contributed by atoms with E-state index in [0.29, 0.717) is 23.1 Å². The van der Waals surface area contributed by atoms with Gasteiger partial charge in [-0.3, -0.25) is 14.9 Å². The fraction of sp³-hybridized carbons (Fsp3) is 0.611. The molecule has 0 aromatic carbocycles. The van der Waals surface area contributed by atoms with Crippen LogP contribution in [0.3, 0.4) is 0 Å². The Balaban J connectivity index is 2.01. The highest BCUT2D eigenvalue weighted by Gasteiger charge is 2.28. The van der Waals surface area contributed by atoms with E-state index in [1.807, 2.05) is 6.07 Å². The number of carbonyl (C=O) groups excluding carboxylic acids is 2. The van der Waals surface area contributed by atoms with Crippen LogP contribution in [-0.4, -0.2) is 27.8 Å². The van der Waals surface area contributed by atoms with Crippen molar-refractivity contribution in [2.75, 3.05) is 0 Å². The van der Waals surface area contributed by atoms with E-state index in [1.165, 1.54) is 0 Å². The summed E-state index contributed by atoms with van der Waals surface area (Å²) >= 11 is 0. The van der Waals surface area contributed by atoms with Gasteiger partial charge in [0.25, 0.3) is 5.56 Å². The number of aryl methyl sites for hydroxylation is 1. The number of carbonyl (C=O) groups is 2. The summed E-state index contributed by atoms with van der Waals surface area (Å²) in [6.45, 7) is 7.12. The molecule has 3 atom stereocenters. The third kappa shape index (κ3) is 4.28. The van der Waals surface area contributed by atoms with E-state index in [2.05, 4.69) is 29.6 Å². The first kappa shape index (κ1) is 19.6. The highest BCUT2D eigenvalue weighted by molar-refractivity contribution is 5.94. The lowest BCUT2D eigenvalue weighted by molar-refractivity contribution is -0.120. The van der Waals surface area contributed by atoms with Gasteiger partial charge in [0.05, 0.1) is 5.69 Å². The lowest BCUT2D eigenvalue weighted by Gasteiger charge is -2.34. The maximum atomic E-state index is 12.2. The van der Waals surface area contributed by atoms with Gasteiger partial charge in [0.2, 0.25) is 5.91 Å². The van der Waals surface area contributed by atoms with Crippen LogP contribution in [0.5, 0.6) is 0 Å². The molecule has 0 unspecified atom stereocenters. The topological polar surface area (TPSA) is 117 Å². The van der Waals surface area contributed by atoms with Gasteiger partial charge in [0, 0.05) is 6.04 Å². The lowest BCUT2D eigenvalue weighted by atomic mass is 9.78. The maximum Gasteiger partial charge on any atom is 0.321 e. The first-order valence-electron chi connectivity index (χ1n) is 8.83. The predicted molar refractivity (Wildman–Crippen MR) is 95.3 cm³/mol. The standard InChI is InChI=1S/C18H25N5O3/c1-10-6-5-7-15(11(10)2)20-18(26)21-16(24)9-23-17(25)14(8-19)12(3)13(4)22-23/h10-11,15H,5-7,9H2,1-4H3,(H2,20,21,24,26)/t10-,11-,15+/m0/s1. The van der Waals surface area contributed by atoms with E-state index in [1.54, 1.807) is 13.8 Å². The highest BCUT2D eigenvalue weighted by atomic mass is 16.2. The molecule has 8 nitrogen and oxygen atoms in total. The number of nitrogens with zero attached hydrogens (tertiary/aromatic N) is 3. The molecule has 1 saturated carbocycles. The van der Waals surface area contributed by atoms with Gasteiger partial charge in [-0.2, -0.15) is 10.4 Å². The second-order valence-corrected chi connectivity index (χ2v) is 7.06. The monoisotopic (exact) mass is 359 g/mol. The molecule has 1 aliphatic carbocycles. The maximum absolute atomic E-state index is 12.2. The van der Waals surface area contributed by atoms with Crippen molar-refractivity contribution in [3.05, 3.63) is 27.2 Å². The first-order valence-corrected chi connectivity index (χ1v) is 8.83. The van der Waals surface area contributed by atoms with Crippen LogP contribution in [0.1, 0.15) is 49.9 Å². The molecule has 2 rings (SSSR count). The summed E-state index contributed by atoms with van der Waals surface area (Å²) in [4.78, 5) is 36.4. The van der Waals surface area contributed by atoms with Crippen molar-refractivity contribution in [2.24, 2.45) is 11.8 Å². The van der Waals surface area contributed by atoms with Crippen molar-refractivity contribution in [1.29, 1.82) is 5.26 Å². The van der Waals surface area contributed by atoms with Crippen molar-refractivity contribution in [3.8, 4) is 6.07 Å². The Bertz CT molecular complexity index is 808. The molecule has 0 saturated heterocycles. The average Bonchev–Trinajstić information content (AvgIpc) is 2.57. The zero-order valence-corrected chi connectivity index (χ0v) is 15.6. The molecule has 0 bridgehead atoms. The third-order valence-corrected chi connectivity index (χ3v) is 5.32. The summed E-state index contributed by atoms with van der Waals surface area (Å²) in [5.41, 5.74) is 0.302. The molecule has 1 aromatic heterocycles. The highest BCUT2D eigenvalue weighted by Crippen LogP contribution is 2.29. The molecule has 1 heterocycles. The largest absolute Gasteiger partial charge is 0.335 e. The van der Waals surface area contributed by atoms with Crippen LogP contribution in [0, 0.1) is 37.0 Å². The normalized spacial score (nSPS) is 22.3. The molecule has 1 aliphatic rings. The Kier molecular flexibility index (Phi) is 6.14. The number of urea groups is 1. The van der Waals surface area contributed by atoms with Crippen LogP contribution in [0.15, 0.2) is 4.79 Å². The number of aromatic nitrogens is 2. The Morgan fingerprint density at radius 2 is 2.00 bits per heavy atom. The molecular weight excluding hydrogens is 334 g/mol. The minimum atomic E-state index is -0.652. The minimum absolute atomic E-state index is 0.0270. The summed E-state index contributed by atoms with van der Waals surface area (Å²) in [5.74, 6) is 0.208. The van der Waals surface area contributed by atoms with Crippen LogP contribution >= 0.6 is 0 Å². The summed E-state index contributed by atoms with van der Waals surface area (Å²) in [7, 11) is 0. The Hall–Kier alpha value is -2.69. The van der Waals surface area contributed by atoms with Gasteiger partial charge in [0.1, 0.15) is 18.2 Å². The molecule has 3 amide bonds. The third-order valence-electron chi connectivity index (χ3n) is 5.32. The summed E-state index contributed by atoms with van der Waals surface area (Å²) in [6, 6.07) is 1.29. The smallest absolute Gasteiger partial charge is 0.321 e. The van der Waals surface area contributed by atoms with Gasteiger partial charge < -0.3 is 5.32 Å². The van der Waals surface area contributed by atoms with Crippen molar-refractivity contribution in [2.45, 2.75) is 59.5 Å². The van der Waals surface area contributed by atoms with Crippen molar-refractivity contribution < 1.29 is 9.59 Å². The van der Waals surface area contributed by atoms with E-state index in [4.69, 9.17) is 5.26 Å². The number of rotatable bonds is 3. The fourth-order valence-electron chi connectivity index (χ4n) is 3.30. The number of imide groups is 1. The molecule has 140 valence electrons. The second-order valence-electron chi connectivity index (χ2n) is 7.06. The molecule has 0 spiro atoms. The second kappa shape index (κ2) is 8.13. The molecular formula is C18H25N5O3. The fourth-order valence-corrected chi connectivity index (χ4v) is 3.30. The Morgan fingerprint density at radius 1 is 1.31 bits per heavy atom. The van der Waals surface area contributed by atoms with Crippen LogP contribution in [0.25, 0.3) is 0 Å². The van der Waals surface area contributed by atoms with Crippen LogP contribution in [-0.2, 0) is 11.3 Å². The van der Waals surface area contributed by atoms with Gasteiger partial charge >= 0.3 is 6.03 Å². The number of hydrogen-bond acceptors (Lipinski definition) is 5. The summed E-state index contributed by atoms with van der Waals surface area (Å²) in [6.07, 6.45) is 3.07. The molecule has 0 radical (unpaired) electrons. The van der Waals surface area contributed by atoms with E-state index in [0.717, 1.165) is 23.9 Å². The Morgan fingerprint density at radius 3 is 2.65 bits per heavy atom. The van der Waals surface area contributed by atoms with Crippen LogP contribution in [0.2, 0.25) is 0 Å². The van der Waals surface area contributed by atoms with Gasteiger partial charge in [-0.15, -0.1) is 0 Å². The molecule has 0 aliphatic heterocycles. The Labute approximate surface area is 152 Å². The van der Waals surface area contributed by atoms with Gasteiger partial charge in [0.15, 0.2) is 0 Å². The van der Waals surface area contributed by atoms with Crippen LogP contribution in [0.4, 0.5) is 4.79 Å². The van der Waals surface area contributed by atoms with Gasteiger partial charge in [-0.1, -0.05) is 26.7 Å². The number of nitrogens with one attached hydrogen (secondary N) is 2. The molecule has 1 fully saturated rings. The van der Waals surface area contributed by atoms with Gasteiger partial charge in [-0.25, -0.2) is 9.48 Å². The van der Waals surface area contributed by atoms with E-state index >= 15 is 0 Å². The molecule has 26 heavy (non-hydrogen) atoms. The zero-order chi connectivity index (χ0) is 19.4. The SMILES string of the molecule is Cc1nn(CC(=O)NC(=O)N[C@@H]2CCC[C@H](C)[C@@H]2C)c(=O)c(C#N)c1C. The van der Waals surface area contributed by atoms with Gasteiger partial charge in [-0.05, 0) is 37.7 Å². The molecule has 8 heteroatoms. The number of hydrogen-bond donors (Lipinski definition) is 2. The van der Waals surface area contributed by atoms with Crippen LogP contribution < -0.4 is 16.2 Å². The van der Waals surface area contributed by atoms with Crippen molar-refractivity contribution in [1.82, 2.24) is 20.4 Å². The summed E-state index contributed by atoms with van der Waals surface area (Å²) < 4.78 is 0.912. The van der Waals surface area contributed by atoms with E-state index in [-0.39, 0.29) is 11.6 Å². The quantitative estimate of drug-likeness (QED) is 0.845.